The van der Waals surface area contributed by atoms with Crippen LogP contribution in [0.5, 0.6) is 5.75 Å². The van der Waals surface area contributed by atoms with Gasteiger partial charge in [-0.25, -0.2) is 0 Å². The molecule has 124 valence electrons. The van der Waals surface area contributed by atoms with Crippen LogP contribution in [0.4, 0.5) is 0 Å². The lowest BCUT2D eigenvalue weighted by Gasteiger charge is -2.38. The number of benzene rings is 1. The van der Waals surface area contributed by atoms with E-state index >= 15 is 0 Å². The largest absolute Gasteiger partial charge is 0.496 e. The number of nitrogens with zero attached hydrogens (tertiary/aromatic N) is 2. The van der Waals surface area contributed by atoms with Gasteiger partial charge in [0.25, 0.3) is 0 Å². The van der Waals surface area contributed by atoms with Crippen molar-refractivity contribution in [3.8, 4) is 5.75 Å². The monoisotopic (exact) mass is 317 g/mol. The predicted molar refractivity (Wildman–Crippen MR) is 86.1 cm³/mol. The summed E-state index contributed by atoms with van der Waals surface area (Å²) >= 11 is 0. The molecule has 2 aliphatic heterocycles. The molecule has 2 aliphatic rings. The highest BCUT2D eigenvalue weighted by molar-refractivity contribution is 5.89. The van der Waals surface area contributed by atoms with Crippen LogP contribution >= 0.6 is 0 Å². The van der Waals surface area contributed by atoms with Gasteiger partial charge in [0.2, 0.25) is 11.8 Å². The van der Waals surface area contributed by atoms with Crippen molar-refractivity contribution in [2.24, 2.45) is 5.92 Å². The number of rotatable bonds is 3. The maximum atomic E-state index is 13.0. The quantitative estimate of drug-likeness (QED) is 0.889. The Labute approximate surface area is 136 Å². The molecule has 1 N–H and O–H groups in total. The second kappa shape index (κ2) is 6.58. The molecule has 0 aromatic heterocycles. The Balaban J connectivity index is 1.84. The maximum absolute atomic E-state index is 13.0. The molecule has 1 aromatic carbocycles. The summed E-state index contributed by atoms with van der Waals surface area (Å²) in [5, 5.41) is 3.35. The number of nitrogens with one attached hydrogen (secondary N) is 1. The van der Waals surface area contributed by atoms with E-state index in [1.54, 1.807) is 19.1 Å². The van der Waals surface area contributed by atoms with Crippen LogP contribution in [-0.4, -0.2) is 62.0 Å². The molecule has 2 unspecified atom stereocenters. The molecule has 6 nitrogen and oxygen atoms in total. The number of hydrogen-bond donors (Lipinski definition) is 1. The van der Waals surface area contributed by atoms with Gasteiger partial charge >= 0.3 is 0 Å². The first-order valence-electron chi connectivity index (χ1n) is 8.00. The highest BCUT2D eigenvalue weighted by Gasteiger charge is 2.38. The standard InChI is InChI=1S/C17H23N3O3/c1-19-11-12(9-16(19)21)17(22)20-8-7-18-10-14(20)13-5-3-4-6-15(13)23-2/h3-6,12,14,18H,7-11H2,1-2H3. The predicted octanol–water partition coefficient (Wildman–Crippen LogP) is 0.646. The van der Waals surface area contributed by atoms with Crippen molar-refractivity contribution in [3.63, 3.8) is 0 Å². The van der Waals surface area contributed by atoms with Crippen molar-refractivity contribution in [1.82, 2.24) is 15.1 Å². The van der Waals surface area contributed by atoms with E-state index in [-0.39, 0.29) is 23.8 Å². The van der Waals surface area contributed by atoms with Crippen LogP contribution in [0.2, 0.25) is 0 Å². The van der Waals surface area contributed by atoms with Gasteiger partial charge in [0.15, 0.2) is 0 Å². The van der Waals surface area contributed by atoms with Crippen molar-refractivity contribution in [3.05, 3.63) is 29.8 Å². The Morgan fingerprint density at radius 3 is 2.83 bits per heavy atom. The van der Waals surface area contributed by atoms with E-state index in [9.17, 15) is 9.59 Å². The first-order chi connectivity index (χ1) is 11.1. The van der Waals surface area contributed by atoms with Crippen molar-refractivity contribution < 1.29 is 14.3 Å². The first kappa shape index (κ1) is 15.8. The molecule has 0 spiro atoms. The molecular formula is C17H23N3O3. The topological polar surface area (TPSA) is 61.9 Å². The maximum Gasteiger partial charge on any atom is 0.228 e. The van der Waals surface area contributed by atoms with Gasteiger partial charge in [-0.3, -0.25) is 9.59 Å². The minimum atomic E-state index is -0.234. The van der Waals surface area contributed by atoms with E-state index in [4.69, 9.17) is 4.74 Å². The molecule has 2 amide bonds. The first-order valence-corrected chi connectivity index (χ1v) is 8.00. The fraction of sp³-hybridized carbons (Fsp3) is 0.529. The second-order valence-electron chi connectivity index (χ2n) is 6.17. The van der Waals surface area contributed by atoms with Crippen LogP contribution in [-0.2, 0) is 9.59 Å². The van der Waals surface area contributed by atoms with Crippen LogP contribution in [0.1, 0.15) is 18.0 Å². The fourth-order valence-corrected chi connectivity index (χ4v) is 3.45. The van der Waals surface area contributed by atoms with Crippen molar-refractivity contribution in [2.45, 2.75) is 12.5 Å². The molecule has 1 aromatic rings. The highest BCUT2D eigenvalue weighted by Crippen LogP contribution is 2.32. The summed E-state index contributed by atoms with van der Waals surface area (Å²) in [4.78, 5) is 28.2. The number of ether oxygens (including phenoxy) is 1. The van der Waals surface area contributed by atoms with E-state index in [2.05, 4.69) is 5.32 Å². The number of carbonyl (C=O) groups is 2. The van der Waals surface area contributed by atoms with E-state index in [1.807, 2.05) is 29.2 Å². The molecule has 2 saturated heterocycles. The van der Waals surface area contributed by atoms with Gasteiger partial charge in [-0.05, 0) is 6.07 Å². The third-order valence-electron chi connectivity index (χ3n) is 4.71. The van der Waals surface area contributed by atoms with Crippen LogP contribution in [0.25, 0.3) is 0 Å². The third-order valence-corrected chi connectivity index (χ3v) is 4.71. The van der Waals surface area contributed by atoms with Crippen molar-refractivity contribution in [1.29, 1.82) is 0 Å². The number of para-hydroxylation sites is 1. The molecule has 0 saturated carbocycles. The smallest absolute Gasteiger partial charge is 0.228 e. The number of hydrogen-bond acceptors (Lipinski definition) is 4. The van der Waals surface area contributed by atoms with E-state index in [0.29, 0.717) is 26.1 Å². The number of likely N-dealkylation sites (tertiary alicyclic amines) is 1. The average Bonchev–Trinajstić information content (AvgIpc) is 2.93. The lowest BCUT2D eigenvalue weighted by Crippen LogP contribution is -2.50. The van der Waals surface area contributed by atoms with Crippen molar-refractivity contribution in [2.75, 3.05) is 40.3 Å². The van der Waals surface area contributed by atoms with Gasteiger partial charge in [-0.2, -0.15) is 0 Å². The number of methoxy groups -OCH3 is 1. The van der Waals surface area contributed by atoms with Gasteiger partial charge in [-0.15, -0.1) is 0 Å². The Morgan fingerprint density at radius 2 is 2.13 bits per heavy atom. The lowest BCUT2D eigenvalue weighted by molar-refractivity contribution is -0.139. The summed E-state index contributed by atoms with van der Waals surface area (Å²) in [6.07, 6.45) is 0.317. The summed E-state index contributed by atoms with van der Waals surface area (Å²) in [6.45, 7) is 2.63. The van der Waals surface area contributed by atoms with Crippen molar-refractivity contribution >= 4 is 11.8 Å². The summed E-state index contributed by atoms with van der Waals surface area (Å²) in [7, 11) is 3.40. The van der Waals surface area contributed by atoms with Crippen LogP contribution in [0.3, 0.4) is 0 Å². The summed E-state index contributed by atoms with van der Waals surface area (Å²) in [5.41, 5.74) is 1.01. The van der Waals surface area contributed by atoms with Gasteiger partial charge in [0.1, 0.15) is 5.75 Å². The van der Waals surface area contributed by atoms with E-state index < -0.39 is 0 Å². The Kier molecular flexibility index (Phi) is 4.52. The highest BCUT2D eigenvalue weighted by atomic mass is 16.5. The number of amides is 2. The molecular weight excluding hydrogens is 294 g/mol. The average molecular weight is 317 g/mol. The SMILES string of the molecule is COc1ccccc1C1CNCCN1C(=O)C1CC(=O)N(C)C1. The Morgan fingerprint density at radius 1 is 1.35 bits per heavy atom. The number of carbonyl (C=O) groups excluding carboxylic acids is 2. The normalized spacial score (nSPS) is 24.9. The summed E-state index contributed by atoms with van der Waals surface area (Å²) in [5.74, 6) is 0.675. The fourth-order valence-electron chi connectivity index (χ4n) is 3.45. The summed E-state index contributed by atoms with van der Waals surface area (Å²) < 4.78 is 5.46. The van der Waals surface area contributed by atoms with Gasteiger partial charge in [0.05, 0.1) is 19.1 Å². The Hall–Kier alpha value is -2.08. The minimum absolute atomic E-state index is 0.0485. The molecule has 6 heteroatoms. The zero-order valence-electron chi connectivity index (χ0n) is 13.6. The number of piperazine rings is 1. The second-order valence-corrected chi connectivity index (χ2v) is 6.17. The van der Waals surface area contributed by atoms with E-state index in [1.165, 1.54) is 0 Å². The molecule has 23 heavy (non-hydrogen) atoms. The molecule has 2 atom stereocenters. The van der Waals surface area contributed by atoms with Gasteiger partial charge < -0.3 is 19.9 Å². The molecule has 3 rings (SSSR count). The zero-order chi connectivity index (χ0) is 16.4. The van der Waals surface area contributed by atoms with Crippen LogP contribution < -0.4 is 10.1 Å². The molecule has 2 heterocycles. The third kappa shape index (κ3) is 3.03. The molecule has 0 bridgehead atoms. The van der Waals surface area contributed by atoms with Gasteiger partial charge in [0, 0.05) is 45.2 Å². The molecule has 0 aliphatic carbocycles. The Bertz CT molecular complexity index is 605. The van der Waals surface area contributed by atoms with Crippen LogP contribution in [0.15, 0.2) is 24.3 Å². The summed E-state index contributed by atoms with van der Waals surface area (Å²) in [6, 6.07) is 7.74. The van der Waals surface area contributed by atoms with E-state index in [0.717, 1.165) is 17.9 Å². The molecule has 0 radical (unpaired) electrons. The molecule has 2 fully saturated rings. The van der Waals surface area contributed by atoms with Gasteiger partial charge in [-0.1, -0.05) is 18.2 Å². The lowest BCUT2D eigenvalue weighted by atomic mass is 9.99. The zero-order valence-corrected chi connectivity index (χ0v) is 13.6. The minimum Gasteiger partial charge on any atom is -0.496 e. The van der Waals surface area contributed by atoms with Crippen LogP contribution in [0, 0.1) is 5.92 Å².